The van der Waals surface area contributed by atoms with Crippen molar-refractivity contribution in [3.05, 3.63) is 41.5 Å². The molecule has 0 saturated heterocycles. The summed E-state index contributed by atoms with van der Waals surface area (Å²) in [6.45, 7) is 3.20. The second kappa shape index (κ2) is 5.63. The summed E-state index contributed by atoms with van der Waals surface area (Å²) in [6, 6.07) is 9.11. The quantitative estimate of drug-likeness (QED) is 0.924. The van der Waals surface area contributed by atoms with Crippen molar-refractivity contribution in [2.24, 2.45) is 5.73 Å². The highest BCUT2D eigenvalue weighted by Gasteiger charge is 2.26. The summed E-state index contributed by atoms with van der Waals surface area (Å²) in [7, 11) is 0. The third kappa shape index (κ3) is 2.41. The molecule has 5 nitrogen and oxygen atoms in total. The molecule has 0 fully saturated rings. The second-order valence-corrected chi connectivity index (χ2v) is 5.17. The molecule has 0 aliphatic carbocycles. The van der Waals surface area contributed by atoms with Crippen LogP contribution in [0.2, 0.25) is 0 Å². The third-order valence-corrected chi connectivity index (χ3v) is 3.96. The molecule has 0 bridgehead atoms. The van der Waals surface area contributed by atoms with Crippen LogP contribution in [0.4, 0.5) is 5.69 Å². The molecule has 1 aliphatic rings. The molecule has 2 aromatic rings. The smallest absolute Gasteiger partial charge is 0.240 e. The van der Waals surface area contributed by atoms with Crippen LogP contribution in [0, 0.1) is 0 Å². The van der Waals surface area contributed by atoms with Crippen molar-refractivity contribution < 1.29 is 4.52 Å². The van der Waals surface area contributed by atoms with E-state index in [4.69, 9.17) is 10.3 Å². The molecule has 1 aliphatic heterocycles. The number of aromatic nitrogens is 2. The number of para-hydroxylation sites is 1. The van der Waals surface area contributed by atoms with E-state index >= 15 is 0 Å². The Morgan fingerprint density at radius 3 is 3.00 bits per heavy atom. The SMILES string of the molecule is CCC1CCc2ccccc2N1Cc1noc(CN)n1. The number of hydrogen-bond donors (Lipinski definition) is 1. The number of benzene rings is 1. The largest absolute Gasteiger partial charge is 0.361 e. The highest BCUT2D eigenvalue weighted by atomic mass is 16.5. The van der Waals surface area contributed by atoms with Crippen LogP contribution in [0.3, 0.4) is 0 Å². The maximum atomic E-state index is 5.52. The first kappa shape index (κ1) is 13.1. The summed E-state index contributed by atoms with van der Waals surface area (Å²) in [5.74, 6) is 1.21. The Kier molecular flexibility index (Phi) is 3.69. The molecular formula is C15H20N4O. The minimum atomic E-state index is 0.292. The average Bonchev–Trinajstić information content (AvgIpc) is 2.95. The Hall–Kier alpha value is -1.88. The van der Waals surface area contributed by atoms with Crippen LogP contribution < -0.4 is 10.6 Å². The molecule has 1 unspecified atom stereocenters. The van der Waals surface area contributed by atoms with Gasteiger partial charge >= 0.3 is 0 Å². The number of anilines is 1. The van der Waals surface area contributed by atoms with Crippen molar-refractivity contribution in [1.82, 2.24) is 10.1 Å². The lowest BCUT2D eigenvalue weighted by Crippen LogP contribution is -2.38. The first-order valence-electron chi connectivity index (χ1n) is 7.18. The average molecular weight is 272 g/mol. The molecule has 1 aromatic heterocycles. The summed E-state index contributed by atoms with van der Waals surface area (Å²) >= 11 is 0. The predicted molar refractivity (Wildman–Crippen MR) is 77.2 cm³/mol. The Bertz CT molecular complexity index is 581. The maximum Gasteiger partial charge on any atom is 0.240 e. The third-order valence-electron chi connectivity index (χ3n) is 3.96. The zero-order valence-electron chi connectivity index (χ0n) is 11.7. The summed E-state index contributed by atoms with van der Waals surface area (Å²) < 4.78 is 5.10. The molecule has 0 spiro atoms. The van der Waals surface area contributed by atoms with Gasteiger partial charge in [-0.25, -0.2) is 0 Å². The van der Waals surface area contributed by atoms with Crippen molar-refractivity contribution in [3.8, 4) is 0 Å². The molecule has 20 heavy (non-hydrogen) atoms. The molecule has 2 N–H and O–H groups in total. The Morgan fingerprint density at radius 2 is 2.25 bits per heavy atom. The van der Waals surface area contributed by atoms with E-state index in [9.17, 15) is 0 Å². The number of nitrogens with zero attached hydrogens (tertiary/aromatic N) is 3. The number of aryl methyl sites for hydroxylation is 1. The minimum absolute atomic E-state index is 0.292. The van der Waals surface area contributed by atoms with Crippen molar-refractivity contribution in [2.45, 2.75) is 45.3 Å². The van der Waals surface area contributed by atoms with Gasteiger partial charge in [-0.1, -0.05) is 30.3 Å². The molecule has 106 valence electrons. The number of fused-ring (bicyclic) bond motifs is 1. The van der Waals surface area contributed by atoms with Crippen molar-refractivity contribution in [3.63, 3.8) is 0 Å². The van der Waals surface area contributed by atoms with Gasteiger partial charge in [0.15, 0.2) is 5.82 Å². The fraction of sp³-hybridized carbons (Fsp3) is 0.467. The van der Waals surface area contributed by atoms with Crippen LogP contribution in [-0.2, 0) is 19.5 Å². The standard InChI is InChI=1S/C15H20N4O/c1-2-12-8-7-11-5-3-4-6-13(11)19(12)10-14-17-15(9-16)20-18-14/h3-6,12H,2,7-10,16H2,1H3. The van der Waals surface area contributed by atoms with Crippen LogP contribution in [-0.4, -0.2) is 16.2 Å². The van der Waals surface area contributed by atoms with E-state index in [0.29, 0.717) is 30.8 Å². The zero-order valence-corrected chi connectivity index (χ0v) is 11.7. The van der Waals surface area contributed by atoms with Gasteiger partial charge < -0.3 is 15.2 Å². The normalized spacial score (nSPS) is 18.1. The first-order chi connectivity index (χ1) is 9.81. The van der Waals surface area contributed by atoms with Gasteiger partial charge in [0.25, 0.3) is 0 Å². The van der Waals surface area contributed by atoms with Crippen LogP contribution in [0.25, 0.3) is 0 Å². The lowest BCUT2D eigenvalue weighted by Gasteiger charge is -2.37. The van der Waals surface area contributed by atoms with Gasteiger partial charge in [-0.2, -0.15) is 4.98 Å². The van der Waals surface area contributed by atoms with Crippen molar-refractivity contribution >= 4 is 5.69 Å². The monoisotopic (exact) mass is 272 g/mol. The van der Waals surface area contributed by atoms with Crippen LogP contribution >= 0.6 is 0 Å². The minimum Gasteiger partial charge on any atom is -0.361 e. The first-order valence-corrected chi connectivity index (χ1v) is 7.18. The fourth-order valence-electron chi connectivity index (χ4n) is 2.91. The van der Waals surface area contributed by atoms with Gasteiger partial charge in [-0.05, 0) is 30.9 Å². The van der Waals surface area contributed by atoms with E-state index in [-0.39, 0.29) is 0 Å². The summed E-state index contributed by atoms with van der Waals surface area (Å²) in [6.07, 6.45) is 3.44. The molecule has 1 atom stereocenters. The zero-order chi connectivity index (χ0) is 13.9. The molecule has 0 radical (unpaired) electrons. The van der Waals surface area contributed by atoms with Crippen LogP contribution in [0.15, 0.2) is 28.8 Å². The highest BCUT2D eigenvalue weighted by Crippen LogP contribution is 2.32. The molecular weight excluding hydrogens is 252 g/mol. The van der Waals surface area contributed by atoms with Gasteiger partial charge in [0, 0.05) is 11.7 Å². The van der Waals surface area contributed by atoms with Crippen LogP contribution in [0.1, 0.15) is 37.0 Å². The summed E-state index contributed by atoms with van der Waals surface area (Å²) in [4.78, 5) is 6.71. The van der Waals surface area contributed by atoms with E-state index in [2.05, 4.69) is 46.2 Å². The van der Waals surface area contributed by atoms with Crippen molar-refractivity contribution in [1.29, 1.82) is 0 Å². The van der Waals surface area contributed by atoms with E-state index < -0.39 is 0 Å². The van der Waals surface area contributed by atoms with Gasteiger partial charge in [-0.15, -0.1) is 0 Å². The summed E-state index contributed by atoms with van der Waals surface area (Å²) in [5, 5.41) is 4.02. The van der Waals surface area contributed by atoms with E-state index in [1.807, 2.05) is 0 Å². The summed E-state index contributed by atoms with van der Waals surface area (Å²) in [5.41, 5.74) is 8.22. The molecule has 0 amide bonds. The lowest BCUT2D eigenvalue weighted by molar-refractivity contribution is 0.372. The topological polar surface area (TPSA) is 68.2 Å². The van der Waals surface area contributed by atoms with Crippen LogP contribution in [0.5, 0.6) is 0 Å². The van der Waals surface area contributed by atoms with Gasteiger partial charge in [0.1, 0.15) is 0 Å². The lowest BCUT2D eigenvalue weighted by atomic mass is 9.94. The molecule has 1 aromatic carbocycles. The highest BCUT2D eigenvalue weighted by molar-refractivity contribution is 5.56. The second-order valence-electron chi connectivity index (χ2n) is 5.17. The van der Waals surface area contributed by atoms with Gasteiger partial charge in [0.2, 0.25) is 5.89 Å². The molecule has 0 saturated carbocycles. The molecule has 5 heteroatoms. The number of rotatable bonds is 4. The maximum absolute atomic E-state index is 5.52. The van der Waals surface area contributed by atoms with E-state index in [1.54, 1.807) is 0 Å². The van der Waals surface area contributed by atoms with Crippen molar-refractivity contribution in [2.75, 3.05) is 4.90 Å². The molecule has 3 rings (SSSR count). The molecule has 2 heterocycles. The van der Waals surface area contributed by atoms with Gasteiger partial charge in [0.05, 0.1) is 13.1 Å². The Morgan fingerprint density at radius 1 is 1.40 bits per heavy atom. The fourth-order valence-corrected chi connectivity index (χ4v) is 2.91. The Balaban J connectivity index is 1.88. The number of hydrogen-bond acceptors (Lipinski definition) is 5. The number of nitrogens with two attached hydrogens (primary N) is 1. The van der Waals surface area contributed by atoms with E-state index in [0.717, 1.165) is 12.8 Å². The Labute approximate surface area is 118 Å². The van der Waals surface area contributed by atoms with Gasteiger partial charge in [-0.3, -0.25) is 0 Å². The predicted octanol–water partition coefficient (Wildman–Crippen LogP) is 2.26. The van der Waals surface area contributed by atoms with E-state index in [1.165, 1.54) is 17.7 Å².